The highest BCUT2D eigenvalue weighted by Crippen LogP contribution is 2.50. The third-order valence-electron chi connectivity index (χ3n) is 8.97. The SMILES string of the molecule is C=C1Cc2cc(OCCCCCCCCCOC=O)ccc2C(C)=C1C.CC.CC(C)(C)C(C)(C)C(C)(C)C. The molecule has 0 saturated carbocycles. The molecule has 0 heterocycles. The summed E-state index contributed by atoms with van der Waals surface area (Å²) in [5.74, 6) is 0.971. The number of benzene rings is 1. The van der Waals surface area contributed by atoms with Crippen LogP contribution in [0, 0.1) is 16.2 Å². The number of hydrogen-bond donors (Lipinski definition) is 0. The largest absolute Gasteiger partial charge is 0.494 e. The van der Waals surface area contributed by atoms with Crippen molar-refractivity contribution in [3.8, 4) is 5.75 Å². The highest BCUT2D eigenvalue weighted by Gasteiger charge is 2.42. The zero-order valence-electron chi connectivity index (χ0n) is 27.8. The van der Waals surface area contributed by atoms with E-state index in [0.29, 0.717) is 29.3 Å². The van der Waals surface area contributed by atoms with Gasteiger partial charge in [-0.15, -0.1) is 0 Å². The summed E-state index contributed by atoms with van der Waals surface area (Å²) in [5.41, 5.74) is 7.67. The van der Waals surface area contributed by atoms with Gasteiger partial charge in [0.2, 0.25) is 0 Å². The van der Waals surface area contributed by atoms with Gasteiger partial charge >= 0.3 is 0 Å². The van der Waals surface area contributed by atoms with E-state index in [1.807, 2.05) is 13.8 Å². The predicted octanol–water partition coefficient (Wildman–Crippen LogP) is 11.0. The molecule has 0 aliphatic heterocycles. The standard InChI is InChI=1S/C23H32O3.C11H24.C2H6/c1-18-15-21-16-22(11-12-23(21)20(3)19(18)2)26-14-10-8-6-4-5-7-9-13-25-17-24;1-9(2,3)11(7,8)10(4,5)6;1-2/h11-12,16-17H,1,4-10,13-15H2,2-3H3;1-8H3;1-2H3. The molecule has 1 aromatic carbocycles. The van der Waals surface area contributed by atoms with Crippen LogP contribution in [0.3, 0.4) is 0 Å². The molecule has 224 valence electrons. The Kier molecular flexibility index (Phi) is 16.7. The lowest BCUT2D eigenvalue weighted by atomic mass is 9.56. The quantitative estimate of drug-likeness (QED) is 0.195. The van der Waals surface area contributed by atoms with E-state index in [9.17, 15) is 4.79 Å². The lowest BCUT2D eigenvalue weighted by molar-refractivity contribution is -0.128. The molecule has 0 aromatic heterocycles. The highest BCUT2D eigenvalue weighted by atomic mass is 16.5. The van der Waals surface area contributed by atoms with Crippen LogP contribution >= 0.6 is 0 Å². The number of hydrogen-bond acceptors (Lipinski definition) is 3. The lowest BCUT2D eigenvalue weighted by Gasteiger charge is -2.49. The fraction of sp³-hybridized carbons (Fsp3) is 0.694. The van der Waals surface area contributed by atoms with Gasteiger partial charge in [0, 0.05) is 0 Å². The molecule has 0 radical (unpaired) electrons. The average molecular weight is 543 g/mol. The van der Waals surface area contributed by atoms with Gasteiger partial charge in [-0.2, -0.15) is 0 Å². The first-order chi connectivity index (χ1) is 18.1. The van der Waals surface area contributed by atoms with Crippen molar-refractivity contribution in [2.45, 2.75) is 134 Å². The van der Waals surface area contributed by atoms with Crippen LogP contribution in [0.25, 0.3) is 5.57 Å². The normalized spacial score (nSPS) is 13.5. The summed E-state index contributed by atoms with van der Waals surface area (Å²) in [6, 6.07) is 6.45. The van der Waals surface area contributed by atoms with Crippen LogP contribution in [0.2, 0.25) is 0 Å². The topological polar surface area (TPSA) is 35.5 Å². The van der Waals surface area contributed by atoms with Crippen LogP contribution in [0.15, 0.2) is 35.9 Å². The van der Waals surface area contributed by atoms with Crippen molar-refractivity contribution in [2.75, 3.05) is 13.2 Å². The van der Waals surface area contributed by atoms with Gasteiger partial charge in [-0.05, 0) is 89.3 Å². The molecule has 0 saturated heterocycles. The van der Waals surface area contributed by atoms with Crippen molar-refractivity contribution in [1.29, 1.82) is 0 Å². The van der Waals surface area contributed by atoms with Crippen LogP contribution in [0.1, 0.15) is 139 Å². The van der Waals surface area contributed by atoms with Crippen molar-refractivity contribution in [3.63, 3.8) is 0 Å². The molecular formula is C36H62O3. The van der Waals surface area contributed by atoms with Crippen molar-refractivity contribution in [3.05, 3.63) is 47.1 Å². The minimum atomic E-state index is 0.375. The van der Waals surface area contributed by atoms with E-state index in [1.54, 1.807) is 0 Å². The molecule has 39 heavy (non-hydrogen) atoms. The second kappa shape index (κ2) is 17.6. The van der Waals surface area contributed by atoms with E-state index in [-0.39, 0.29) is 0 Å². The first-order valence-corrected chi connectivity index (χ1v) is 15.3. The summed E-state index contributed by atoms with van der Waals surface area (Å²) in [6.45, 7) is 33.0. The van der Waals surface area contributed by atoms with Crippen molar-refractivity contribution < 1.29 is 14.3 Å². The van der Waals surface area contributed by atoms with E-state index in [1.165, 1.54) is 53.5 Å². The van der Waals surface area contributed by atoms with Gasteiger partial charge < -0.3 is 9.47 Å². The summed E-state index contributed by atoms with van der Waals surface area (Å²) in [5, 5.41) is 0. The molecule has 1 aromatic rings. The zero-order chi connectivity index (χ0) is 30.3. The minimum absolute atomic E-state index is 0.375. The monoisotopic (exact) mass is 542 g/mol. The molecule has 0 unspecified atom stereocenters. The zero-order valence-corrected chi connectivity index (χ0v) is 27.8. The number of rotatable bonds is 12. The molecule has 3 nitrogen and oxygen atoms in total. The molecule has 1 aliphatic rings. The van der Waals surface area contributed by atoms with E-state index in [2.05, 4.69) is 98.8 Å². The number of ether oxygens (including phenoxy) is 2. The molecule has 0 spiro atoms. The summed E-state index contributed by atoms with van der Waals surface area (Å²) >= 11 is 0. The maximum Gasteiger partial charge on any atom is 0.293 e. The molecule has 2 rings (SSSR count). The predicted molar refractivity (Wildman–Crippen MR) is 171 cm³/mol. The average Bonchev–Trinajstić information content (AvgIpc) is 2.86. The minimum Gasteiger partial charge on any atom is -0.494 e. The molecular weight excluding hydrogens is 480 g/mol. The Balaban J connectivity index is 0.000000935. The molecule has 0 amide bonds. The number of fused-ring (bicyclic) bond motifs is 1. The maximum absolute atomic E-state index is 10.0. The Morgan fingerprint density at radius 1 is 0.769 bits per heavy atom. The summed E-state index contributed by atoms with van der Waals surface area (Å²) in [6.07, 6.45) is 9.03. The van der Waals surface area contributed by atoms with Gasteiger partial charge in [0.1, 0.15) is 5.75 Å². The second-order valence-electron chi connectivity index (χ2n) is 13.3. The van der Waals surface area contributed by atoms with Crippen LogP contribution in [-0.2, 0) is 16.0 Å². The smallest absolute Gasteiger partial charge is 0.293 e. The van der Waals surface area contributed by atoms with Crippen LogP contribution < -0.4 is 4.74 Å². The molecule has 1 aliphatic carbocycles. The van der Waals surface area contributed by atoms with Gasteiger partial charge in [0.25, 0.3) is 6.47 Å². The molecule has 0 N–H and O–H groups in total. The summed E-state index contributed by atoms with van der Waals surface area (Å²) < 4.78 is 10.6. The molecule has 0 fully saturated rings. The maximum atomic E-state index is 10.0. The fourth-order valence-electron chi connectivity index (χ4n) is 4.54. The Labute approximate surface area is 242 Å². The first kappa shape index (κ1) is 37.0. The highest BCUT2D eigenvalue weighted by molar-refractivity contribution is 5.76. The van der Waals surface area contributed by atoms with Gasteiger partial charge in [0.15, 0.2) is 0 Å². The van der Waals surface area contributed by atoms with E-state index in [0.717, 1.165) is 38.0 Å². The summed E-state index contributed by atoms with van der Waals surface area (Å²) in [7, 11) is 0. The fourth-order valence-corrected chi connectivity index (χ4v) is 4.54. The summed E-state index contributed by atoms with van der Waals surface area (Å²) in [4.78, 5) is 10.0. The number of unbranched alkanes of at least 4 members (excludes halogenated alkanes) is 6. The van der Waals surface area contributed by atoms with E-state index >= 15 is 0 Å². The van der Waals surface area contributed by atoms with Crippen molar-refractivity contribution >= 4 is 12.0 Å². The van der Waals surface area contributed by atoms with Crippen LogP contribution in [0.5, 0.6) is 5.75 Å². The molecule has 0 atom stereocenters. The Morgan fingerprint density at radius 2 is 1.26 bits per heavy atom. The third-order valence-corrected chi connectivity index (χ3v) is 8.97. The Bertz CT molecular complexity index is 875. The number of carbonyl (C=O) groups is 1. The lowest BCUT2D eigenvalue weighted by Crippen LogP contribution is -2.41. The van der Waals surface area contributed by atoms with E-state index in [4.69, 9.17) is 4.74 Å². The Hall–Kier alpha value is -2.03. The third kappa shape index (κ3) is 12.4. The van der Waals surface area contributed by atoms with Crippen LogP contribution in [-0.4, -0.2) is 19.7 Å². The van der Waals surface area contributed by atoms with E-state index < -0.39 is 0 Å². The van der Waals surface area contributed by atoms with Gasteiger partial charge in [-0.25, -0.2) is 0 Å². The molecule has 0 bridgehead atoms. The van der Waals surface area contributed by atoms with Gasteiger partial charge in [-0.3, -0.25) is 4.79 Å². The number of allylic oxidation sites excluding steroid dienone is 3. The van der Waals surface area contributed by atoms with Crippen LogP contribution in [0.4, 0.5) is 0 Å². The number of carbonyl (C=O) groups excluding carboxylic acids is 1. The van der Waals surface area contributed by atoms with Crippen molar-refractivity contribution in [1.82, 2.24) is 0 Å². The van der Waals surface area contributed by atoms with Gasteiger partial charge in [0.05, 0.1) is 13.2 Å². The molecule has 3 heteroatoms. The van der Waals surface area contributed by atoms with Crippen molar-refractivity contribution in [2.24, 2.45) is 16.2 Å². The first-order valence-electron chi connectivity index (χ1n) is 15.3. The Morgan fingerprint density at radius 3 is 1.72 bits per heavy atom. The van der Waals surface area contributed by atoms with Gasteiger partial charge in [-0.1, -0.05) is 114 Å². The second-order valence-corrected chi connectivity index (χ2v) is 13.3.